The Kier molecular flexibility index (Phi) is 7.38. The number of amides is 2. The third-order valence-electron chi connectivity index (χ3n) is 6.96. The molecular formula is C25H32N4O5S. The van der Waals surface area contributed by atoms with Gasteiger partial charge in [-0.2, -0.15) is 4.37 Å². The fraction of sp³-hybridized carbons (Fsp3) is 0.560. The van der Waals surface area contributed by atoms with Crippen LogP contribution >= 0.6 is 11.5 Å². The minimum Gasteiger partial charge on any atom is -0.493 e. The van der Waals surface area contributed by atoms with Crippen LogP contribution in [0.5, 0.6) is 11.6 Å². The number of anilines is 1. The number of ether oxygens (including phenoxy) is 3. The van der Waals surface area contributed by atoms with Gasteiger partial charge in [0.1, 0.15) is 17.4 Å². The summed E-state index contributed by atoms with van der Waals surface area (Å²) < 4.78 is 20.6. The van der Waals surface area contributed by atoms with Gasteiger partial charge in [0.25, 0.3) is 0 Å². The molecular weight excluding hydrogens is 468 g/mol. The number of hydrogen-bond donors (Lipinski definition) is 2. The number of methoxy groups -OCH3 is 1. The number of fused-ring (bicyclic) bond motifs is 1. The van der Waals surface area contributed by atoms with Crippen LogP contribution in [0.2, 0.25) is 0 Å². The third kappa shape index (κ3) is 5.87. The van der Waals surface area contributed by atoms with E-state index >= 15 is 0 Å². The standard InChI is InChI=1S/C25H32N4O5S/c1-32-24(30)21-22(34-15-17-2-3-18-9-13-33-20(18)14-17)28-35-23(21)27-25(31)26-10-6-16-7-11-29(12-8-16)19-4-5-19/h2-3,14,16,19H,4-13,15H2,1H3,(H2,26,27,31). The number of carbonyl (C=O) groups excluding carboxylic acids is 2. The Labute approximate surface area is 209 Å². The van der Waals surface area contributed by atoms with Gasteiger partial charge in [0.05, 0.1) is 13.7 Å². The van der Waals surface area contributed by atoms with Gasteiger partial charge in [0, 0.05) is 19.0 Å². The Balaban J connectivity index is 1.12. The Morgan fingerprint density at radius 1 is 1.23 bits per heavy atom. The van der Waals surface area contributed by atoms with E-state index in [1.165, 1.54) is 51.4 Å². The van der Waals surface area contributed by atoms with Crippen LogP contribution in [0, 0.1) is 5.92 Å². The van der Waals surface area contributed by atoms with E-state index in [-0.39, 0.29) is 24.1 Å². The van der Waals surface area contributed by atoms with Crippen LogP contribution in [0.3, 0.4) is 0 Å². The first kappa shape index (κ1) is 23.9. The molecule has 1 aromatic carbocycles. The average Bonchev–Trinajstić information content (AvgIpc) is 3.49. The number of likely N-dealkylation sites (tertiary alicyclic amines) is 1. The summed E-state index contributed by atoms with van der Waals surface area (Å²) in [7, 11) is 1.29. The second-order valence-corrected chi connectivity index (χ2v) is 10.2. The molecule has 1 saturated heterocycles. The third-order valence-corrected chi connectivity index (χ3v) is 7.71. The largest absolute Gasteiger partial charge is 0.493 e. The molecule has 10 heteroatoms. The minimum atomic E-state index is -0.608. The van der Waals surface area contributed by atoms with E-state index in [0.717, 1.165) is 41.7 Å². The maximum absolute atomic E-state index is 12.5. The Hall–Kier alpha value is -2.85. The maximum Gasteiger partial charge on any atom is 0.346 e. The first-order valence-corrected chi connectivity index (χ1v) is 13.1. The number of esters is 1. The average molecular weight is 501 g/mol. The molecule has 2 aliphatic heterocycles. The summed E-state index contributed by atoms with van der Waals surface area (Å²) in [6.45, 7) is 3.85. The molecule has 2 amide bonds. The Morgan fingerprint density at radius 3 is 2.83 bits per heavy atom. The monoisotopic (exact) mass is 500 g/mol. The normalized spacial score (nSPS) is 18.0. The van der Waals surface area contributed by atoms with E-state index in [9.17, 15) is 9.59 Å². The van der Waals surface area contributed by atoms with Crippen LogP contribution in [-0.4, -0.2) is 60.7 Å². The molecule has 0 radical (unpaired) electrons. The molecule has 3 heterocycles. The summed E-state index contributed by atoms with van der Waals surface area (Å²) in [4.78, 5) is 27.5. The summed E-state index contributed by atoms with van der Waals surface area (Å²) in [6.07, 6.45) is 6.96. The fourth-order valence-electron chi connectivity index (χ4n) is 4.78. The van der Waals surface area contributed by atoms with Crippen molar-refractivity contribution in [3.05, 3.63) is 34.9 Å². The van der Waals surface area contributed by atoms with Gasteiger partial charge in [0.15, 0.2) is 5.56 Å². The van der Waals surface area contributed by atoms with E-state index in [1.807, 2.05) is 18.2 Å². The maximum atomic E-state index is 12.5. The lowest BCUT2D eigenvalue weighted by Gasteiger charge is -2.32. The molecule has 0 spiro atoms. The SMILES string of the molecule is COC(=O)c1c(OCc2ccc3c(c2)OCC3)nsc1NC(=O)NCCC1CCN(C2CC2)CC1. The van der Waals surface area contributed by atoms with E-state index in [1.54, 1.807) is 0 Å². The van der Waals surface area contributed by atoms with Crippen molar-refractivity contribution in [3.8, 4) is 11.6 Å². The van der Waals surface area contributed by atoms with Crippen LogP contribution in [-0.2, 0) is 17.8 Å². The highest BCUT2D eigenvalue weighted by Crippen LogP contribution is 2.33. The summed E-state index contributed by atoms with van der Waals surface area (Å²) in [5.41, 5.74) is 2.21. The molecule has 9 nitrogen and oxygen atoms in total. The molecule has 5 rings (SSSR count). The highest BCUT2D eigenvalue weighted by atomic mass is 32.1. The minimum absolute atomic E-state index is 0.123. The van der Waals surface area contributed by atoms with Gasteiger partial charge in [-0.25, -0.2) is 9.59 Å². The lowest BCUT2D eigenvalue weighted by molar-refractivity contribution is 0.0596. The van der Waals surface area contributed by atoms with Gasteiger partial charge < -0.3 is 24.4 Å². The van der Waals surface area contributed by atoms with E-state index in [4.69, 9.17) is 14.2 Å². The molecule has 35 heavy (non-hydrogen) atoms. The van der Waals surface area contributed by atoms with Crippen molar-refractivity contribution in [2.24, 2.45) is 5.92 Å². The number of rotatable bonds is 9. The molecule has 2 fully saturated rings. The quantitative estimate of drug-likeness (QED) is 0.505. The Morgan fingerprint density at radius 2 is 2.06 bits per heavy atom. The van der Waals surface area contributed by atoms with Gasteiger partial charge in [-0.1, -0.05) is 12.1 Å². The van der Waals surface area contributed by atoms with Gasteiger partial charge in [-0.15, -0.1) is 0 Å². The van der Waals surface area contributed by atoms with Gasteiger partial charge in [-0.05, 0) is 79.8 Å². The first-order valence-electron chi connectivity index (χ1n) is 12.3. The van der Waals surface area contributed by atoms with Crippen LogP contribution in [0.4, 0.5) is 9.80 Å². The van der Waals surface area contributed by atoms with Crippen LogP contribution in [0.25, 0.3) is 0 Å². The molecule has 0 bridgehead atoms. The second-order valence-electron chi connectivity index (χ2n) is 9.39. The lowest BCUT2D eigenvalue weighted by atomic mass is 9.93. The second kappa shape index (κ2) is 10.8. The number of nitrogens with zero attached hydrogens (tertiary/aromatic N) is 2. The predicted molar refractivity (Wildman–Crippen MR) is 132 cm³/mol. The number of piperidine rings is 1. The van der Waals surface area contributed by atoms with Crippen LogP contribution in [0.1, 0.15) is 53.6 Å². The molecule has 0 unspecified atom stereocenters. The van der Waals surface area contributed by atoms with Crippen molar-refractivity contribution in [2.45, 2.75) is 51.2 Å². The van der Waals surface area contributed by atoms with Gasteiger partial charge >= 0.3 is 12.0 Å². The van der Waals surface area contributed by atoms with Gasteiger partial charge in [0.2, 0.25) is 5.88 Å². The van der Waals surface area contributed by atoms with E-state index in [0.29, 0.717) is 24.1 Å². The smallest absolute Gasteiger partial charge is 0.346 e. The van der Waals surface area contributed by atoms with Crippen LogP contribution in [0.15, 0.2) is 18.2 Å². The molecule has 0 atom stereocenters. The summed E-state index contributed by atoms with van der Waals surface area (Å²) in [5, 5.41) is 5.96. The van der Waals surface area contributed by atoms with Crippen molar-refractivity contribution in [1.82, 2.24) is 14.6 Å². The van der Waals surface area contributed by atoms with E-state index < -0.39 is 5.97 Å². The summed E-state index contributed by atoms with van der Waals surface area (Å²) in [5.74, 6) is 1.04. The number of urea groups is 1. The number of hydrogen-bond acceptors (Lipinski definition) is 8. The number of nitrogens with one attached hydrogen (secondary N) is 2. The first-order chi connectivity index (χ1) is 17.1. The molecule has 2 aromatic rings. The number of aromatic nitrogens is 1. The van der Waals surface area contributed by atoms with E-state index in [2.05, 4.69) is 19.9 Å². The molecule has 2 N–H and O–H groups in total. The highest BCUT2D eigenvalue weighted by Gasteiger charge is 2.31. The topological polar surface area (TPSA) is 102 Å². The molecule has 188 valence electrons. The molecule has 1 saturated carbocycles. The van der Waals surface area contributed by atoms with Crippen molar-refractivity contribution in [2.75, 3.05) is 38.7 Å². The Bertz CT molecular complexity index is 1060. The number of benzene rings is 1. The summed E-state index contributed by atoms with van der Waals surface area (Å²) in [6, 6.07) is 6.41. The fourth-order valence-corrected chi connectivity index (χ4v) is 5.50. The molecule has 1 aromatic heterocycles. The highest BCUT2D eigenvalue weighted by molar-refractivity contribution is 7.11. The van der Waals surface area contributed by atoms with Crippen molar-refractivity contribution >= 4 is 28.5 Å². The van der Waals surface area contributed by atoms with Crippen molar-refractivity contribution < 1.29 is 23.8 Å². The van der Waals surface area contributed by atoms with Gasteiger partial charge in [-0.3, -0.25) is 5.32 Å². The van der Waals surface area contributed by atoms with Crippen molar-refractivity contribution in [3.63, 3.8) is 0 Å². The zero-order valence-electron chi connectivity index (χ0n) is 20.0. The molecule has 1 aliphatic carbocycles. The number of carbonyl (C=O) groups is 2. The van der Waals surface area contributed by atoms with Crippen LogP contribution < -0.4 is 20.1 Å². The predicted octanol–water partition coefficient (Wildman–Crippen LogP) is 3.83. The zero-order valence-corrected chi connectivity index (χ0v) is 20.8. The summed E-state index contributed by atoms with van der Waals surface area (Å²) >= 11 is 0.996. The molecule has 3 aliphatic rings. The zero-order chi connectivity index (χ0) is 24.2. The lowest BCUT2D eigenvalue weighted by Crippen LogP contribution is -2.37. The van der Waals surface area contributed by atoms with Crippen molar-refractivity contribution in [1.29, 1.82) is 0 Å².